The van der Waals surface area contributed by atoms with Crippen molar-refractivity contribution in [1.82, 2.24) is 19.7 Å². The van der Waals surface area contributed by atoms with Crippen LogP contribution in [0.4, 0.5) is 4.79 Å². The van der Waals surface area contributed by atoms with Crippen LogP contribution in [0.5, 0.6) is 0 Å². The molecule has 1 amide bonds. The van der Waals surface area contributed by atoms with Crippen LogP contribution in [-0.4, -0.2) is 57.0 Å². The summed E-state index contributed by atoms with van der Waals surface area (Å²) in [6.07, 6.45) is 4.35. The Kier molecular flexibility index (Phi) is 4.80. The number of carbonyl (C=O) groups is 2. The molecule has 2 aliphatic rings. The maximum Gasteiger partial charge on any atom is 0.410 e. The van der Waals surface area contributed by atoms with Gasteiger partial charge in [0.25, 0.3) is 0 Å². The summed E-state index contributed by atoms with van der Waals surface area (Å²) in [5.74, 6) is -0.429. The van der Waals surface area contributed by atoms with E-state index in [0.29, 0.717) is 31.5 Å². The average Bonchev–Trinajstić information content (AvgIpc) is 3.19. The molecule has 160 valence electrons. The van der Waals surface area contributed by atoms with E-state index in [1.165, 1.54) is 13.3 Å². The highest BCUT2D eigenvalue weighted by Gasteiger charge is 2.58. The molecule has 0 saturated heterocycles. The Labute approximate surface area is 175 Å². The van der Waals surface area contributed by atoms with Gasteiger partial charge < -0.3 is 20.1 Å². The molecular formula is C21H27N5O4. The predicted octanol–water partition coefficient (Wildman–Crippen LogP) is 1.83. The van der Waals surface area contributed by atoms with E-state index < -0.39 is 17.1 Å². The first-order chi connectivity index (χ1) is 14.2. The van der Waals surface area contributed by atoms with Gasteiger partial charge in [-0.1, -0.05) is 0 Å². The van der Waals surface area contributed by atoms with E-state index in [-0.39, 0.29) is 12.1 Å². The normalized spacial score (nSPS) is 23.0. The van der Waals surface area contributed by atoms with Crippen LogP contribution in [0, 0.1) is 0 Å². The van der Waals surface area contributed by atoms with Crippen molar-refractivity contribution in [3.63, 3.8) is 0 Å². The maximum atomic E-state index is 12.4. The minimum atomic E-state index is -0.533. The molecule has 1 fully saturated rings. The van der Waals surface area contributed by atoms with Crippen LogP contribution in [0.25, 0.3) is 0 Å². The van der Waals surface area contributed by atoms with Crippen molar-refractivity contribution >= 4 is 12.1 Å². The quantitative estimate of drug-likeness (QED) is 0.764. The number of nitrogens with two attached hydrogens (primary N) is 1. The third kappa shape index (κ3) is 3.43. The van der Waals surface area contributed by atoms with Crippen molar-refractivity contribution in [3.8, 4) is 0 Å². The molecule has 1 saturated carbocycles. The number of hydrogen-bond acceptors (Lipinski definition) is 7. The first kappa shape index (κ1) is 20.3. The number of fused-ring (bicyclic) bond motifs is 1. The number of carbonyl (C=O) groups excluding carboxylic acids is 2. The molecule has 0 spiro atoms. The van der Waals surface area contributed by atoms with E-state index in [1.54, 1.807) is 17.2 Å². The highest BCUT2D eigenvalue weighted by Crippen LogP contribution is 2.48. The number of hydrogen-bond donors (Lipinski definition) is 1. The van der Waals surface area contributed by atoms with Gasteiger partial charge >= 0.3 is 12.1 Å². The Morgan fingerprint density at radius 1 is 1.27 bits per heavy atom. The molecule has 0 bridgehead atoms. The minimum Gasteiger partial charge on any atom is -0.465 e. The van der Waals surface area contributed by atoms with E-state index in [0.717, 1.165) is 17.0 Å². The summed E-state index contributed by atoms with van der Waals surface area (Å²) < 4.78 is 12.2. The lowest BCUT2D eigenvalue weighted by atomic mass is 10.1. The zero-order valence-corrected chi connectivity index (χ0v) is 17.7. The molecular weight excluding hydrogens is 386 g/mol. The molecule has 2 N–H and O–H groups in total. The lowest BCUT2D eigenvalue weighted by molar-refractivity contribution is 0.0222. The number of ether oxygens (including phenoxy) is 2. The number of nitrogens with zero attached hydrogens (tertiary/aromatic N) is 4. The summed E-state index contributed by atoms with van der Waals surface area (Å²) in [4.78, 5) is 30.3. The van der Waals surface area contributed by atoms with Crippen LogP contribution in [0.2, 0.25) is 0 Å². The number of methoxy groups -OCH3 is 1. The van der Waals surface area contributed by atoms with Crippen molar-refractivity contribution in [2.24, 2.45) is 5.73 Å². The van der Waals surface area contributed by atoms with E-state index in [4.69, 9.17) is 15.2 Å². The molecule has 30 heavy (non-hydrogen) atoms. The number of esters is 1. The highest BCUT2D eigenvalue weighted by molar-refractivity contribution is 5.88. The Bertz CT molecular complexity index is 978. The second-order valence-corrected chi connectivity index (χ2v) is 8.84. The van der Waals surface area contributed by atoms with E-state index in [2.05, 4.69) is 10.1 Å². The monoisotopic (exact) mass is 413 g/mol. The van der Waals surface area contributed by atoms with E-state index in [9.17, 15) is 9.59 Å². The van der Waals surface area contributed by atoms with Gasteiger partial charge in [-0.15, -0.1) is 0 Å². The van der Waals surface area contributed by atoms with Gasteiger partial charge in [0.2, 0.25) is 0 Å². The maximum absolute atomic E-state index is 12.4. The zero-order valence-electron chi connectivity index (χ0n) is 17.7. The third-order valence-electron chi connectivity index (χ3n) is 5.58. The molecule has 2 aromatic rings. The van der Waals surface area contributed by atoms with Gasteiger partial charge in [-0.05, 0) is 39.3 Å². The zero-order chi connectivity index (χ0) is 21.7. The second kappa shape index (κ2) is 7.09. The minimum absolute atomic E-state index is 0.123. The van der Waals surface area contributed by atoms with Crippen LogP contribution >= 0.6 is 0 Å². The summed E-state index contributed by atoms with van der Waals surface area (Å²) in [5, 5.41) is 4.63. The van der Waals surface area contributed by atoms with E-state index in [1.807, 2.05) is 31.5 Å². The molecule has 0 aromatic carbocycles. The Balaban J connectivity index is 1.59. The van der Waals surface area contributed by atoms with Gasteiger partial charge in [-0.2, -0.15) is 5.10 Å². The molecule has 4 rings (SSSR count). The molecule has 2 unspecified atom stereocenters. The molecule has 9 heteroatoms. The largest absolute Gasteiger partial charge is 0.465 e. The number of pyridine rings is 1. The number of amides is 1. The Hall–Kier alpha value is -2.94. The molecule has 1 aliphatic carbocycles. The fraction of sp³-hybridized carbons (Fsp3) is 0.524. The summed E-state index contributed by atoms with van der Waals surface area (Å²) in [5.41, 5.74) is 8.48. The SMILES string of the molecule is COC(=O)c1ccc(C2(n3ncc4c3CCN(C(=O)OC(C)(C)C)C4)CC2N)nc1. The average molecular weight is 413 g/mol. The van der Waals surface area contributed by atoms with E-state index >= 15 is 0 Å². The summed E-state index contributed by atoms with van der Waals surface area (Å²) in [7, 11) is 1.34. The predicted molar refractivity (Wildman–Crippen MR) is 108 cm³/mol. The smallest absolute Gasteiger partial charge is 0.410 e. The second-order valence-electron chi connectivity index (χ2n) is 8.84. The fourth-order valence-electron chi connectivity index (χ4n) is 3.97. The summed E-state index contributed by atoms with van der Waals surface area (Å²) in [6, 6.07) is 3.38. The highest BCUT2D eigenvalue weighted by atomic mass is 16.6. The first-order valence-corrected chi connectivity index (χ1v) is 10.0. The van der Waals surface area contributed by atoms with Crippen LogP contribution in [0.3, 0.4) is 0 Å². The van der Waals surface area contributed by atoms with Crippen molar-refractivity contribution in [2.75, 3.05) is 13.7 Å². The lowest BCUT2D eigenvalue weighted by Gasteiger charge is -2.31. The van der Waals surface area contributed by atoms with Crippen LogP contribution in [0.1, 0.15) is 54.5 Å². The Morgan fingerprint density at radius 2 is 2.00 bits per heavy atom. The van der Waals surface area contributed by atoms with Crippen LogP contribution < -0.4 is 5.73 Å². The topological polar surface area (TPSA) is 113 Å². The molecule has 2 atom stereocenters. The van der Waals surface area contributed by atoms with Gasteiger partial charge in [-0.3, -0.25) is 9.67 Å². The molecule has 2 aromatic heterocycles. The van der Waals surface area contributed by atoms with Crippen molar-refractivity contribution in [1.29, 1.82) is 0 Å². The van der Waals surface area contributed by atoms with Gasteiger partial charge in [0.05, 0.1) is 31.1 Å². The molecule has 9 nitrogen and oxygen atoms in total. The van der Waals surface area contributed by atoms with Crippen LogP contribution in [-0.2, 0) is 28.0 Å². The van der Waals surface area contributed by atoms with Crippen LogP contribution in [0.15, 0.2) is 24.5 Å². The lowest BCUT2D eigenvalue weighted by Crippen LogP contribution is -2.41. The first-order valence-electron chi connectivity index (χ1n) is 10.0. The fourth-order valence-corrected chi connectivity index (χ4v) is 3.97. The summed E-state index contributed by atoms with van der Waals surface area (Å²) >= 11 is 0. The van der Waals surface area contributed by atoms with Gasteiger partial charge in [0.15, 0.2) is 0 Å². The standard InChI is InChI=1S/C21H27N5O4/c1-20(2,3)30-19(28)25-8-7-15-14(12-25)11-24-26(15)21(9-16(21)22)17-6-5-13(10-23-17)18(27)29-4/h5-6,10-11,16H,7-9,12,22H2,1-4H3. The van der Waals surface area contributed by atoms with Crippen molar-refractivity contribution in [3.05, 3.63) is 47.0 Å². The Morgan fingerprint density at radius 3 is 2.57 bits per heavy atom. The summed E-state index contributed by atoms with van der Waals surface area (Å²) in [6.45, 7) is 6.57. The van der Waals surface area contributed by atoms with Gasteiger partial charge in [-0.25, -0.2) is 9.59 Å². The molecule has 3 heterocycles. The number of aromatic nitrogens is 3. The van der Waals surface area contributed by atoms with Gasteiger partial charge in [0, 0.05) is 36.5 Å². The number of rotatable bonds is 3. The third-order valence-corrected chi connectivity index (χ3v) is 5.58. The van der Waals surface area contributed by atoms with Crippen molar-refractivity contribution < 1.29 is 19.1 Å². The van der Waals surface area contributed by atoms with Gasteiger partial charge in [0.1, 0.15) is 11.1 Å². The molecule has 1 aliphatic heterocycles. The van der Waals surface area contributed by atoms with Crippen molar-refractivity contribution in [2.45, 2.75) is 57.3 Å². The molecule has 0 radical (unpaired) electrons.